The molecule has 1 N–H and O–H groups in total. The zero-order chi connectivity index (χ0) is 11.3. The number of aliphatic hydroxyl groups is 1. The van der Waals surface area contributed by atoms with Crippen LogP contribution >= 0.6 is 0 Å². The molecule has 1 atom stereocenters. The van der Waals surface area contributed by atoms with Gasteiger partial charge in [-0.3, -0.25) is 9.80 Å². The van der Waals surface area contributed by atoms with Gasteiger partial charge in [0.2, 0.25) is 0 Å². The maximum atomic E-state index is 7.00. The third kappa shape index (κ3) is 3.41. The minimum atomic E-state index is 0.657. The average Bonchev–Trinajstić information content (AvgIpc) is 2.31. The summed E-state index contributed by atoms with van der Waals surface area (Å²) >= 11 is 0. The number of hydrogen-bond donors (Lipinski definition) is 1. The molecule has 2 rings (SSSR count). The van der Waals surface area contributed by atoms with E-state index in [2.05, 4.69) is 23.6 Å². The second-order valence-corrected chi connectivity index (χ2v) is 4.35. The van der Waals surface area contributed by atoms with Gasteiger partial charge in [0, 0.05) is 45.4 Å². The SMILES string of the molecule is CC(C)N1CCN2CCOCC2C1.CO. The van der Waals surface area contributed by atoms with E-state index in [1.807, 2.05) is 0 Å². The van der Waals surface area contributed by atoms with Crippen LogP contribution in [0.1, 0.15) is 13.8 Å². The smallest absolute Gasteiger partial charge is 0.0634 e. The van der Waals surface area contributed by atoms with Crippen molar-refractivity contribution in [2.75, 3.05) is 46.5 Å². The molecule has 0 radical (unpaired) electrons. The summed E-state index contributed by atoms with van der Waals surface area (Å²) in [7, 11) is 1.00. The van der Waals surface area contributed by atoms with Crippen LogP contribution in [0, 0.1) is 0 Å². The van der Waals surface area contributed by atoms with Crippen LogP contribution in [0.4, 0.5) is 0 Å². The van der Waals surface area contributed by atoms with Crippen molar-refractivity contribution < 1.29 is 9.84 Å². The quantitative estimate of drug-likeness (QED) is 0.670. The Morgan fingerprint density at radius 3 is 2.60 bits per heavy atom. The molecule has 0 amide bonds. The van der Waals surface area contributed by atoms with E-state index in [1.165, 1.54) is 19.6 Å². The average molecular weight is 216 g/mol. The number of rotatable bonds is 1. The van der Waals surface area contributed by atoms with Crippen molar-refractivity contribution in [3.63, 3.8) is 0 Å². The Hall–Kier alpha value is -0.160. The number of fused-ring (bicyclic) bond motifs is 1. The fourth-order valence-electron chi connectivity index (χ4n) is 2.24. The summed E-state index contributed by atoms with van der Waals surface area (Å²) in [6.45, 7) is 11.2. The maximum absolute atomic E-state index is 7.00. The van der Waals surface area contributed by atoms with Gasteiger partial charge in [0.05, 0.1) is 13.2 Å². The van der Waals surface area contributed by atoms with E-state index in [0.717, 1.165) is 26.9 Å². The first-order valence-electron chi connectivity index (χ1n) is 5.78. The lowest BCUT2D eigenvalue weighted by Crippen LogP contribution is -2.59. The normalized spacial score (nSPS) is 28.2. The number of nitrogens with zero attached hydrogens (tertiary/aromatic N) is 2. The predicted octanol–water partition coefficient (Wildman–Crippen LogP) is 0.0197. The van der Waals surface area contributed by atoms with Gasteiger partial charge >= 0.3 is 0 Å². The highest BCUT2D eigenvalue weighted by molar-refractivity contribution is 4.85. The molecule has 2 aliphatic rings. The number of aliphatic hydroxyl groups excluding tert-OH is 1. The van der Waals surface area contributed by atoms with Gasteiger partial charge in [-0.15, -0.1) is 0 Å². The Labute approximate surface area is 92.8 Å². The highest BCUT2D eigenvalue weighted by Crippen LogP contribution is 2.15. The van der Waals surface area contributed by atoms with Crippen LogP contribution in [0.25, 0.3) is 0 Å². The van der Waals surface area contributed by atoms with Gasteiger partial charge in [-0.25, -0.2) is 0 Å². The number of hydrogen-bond acceptors (Lipinski definition) is 4. The lowest BCUT2D eigenvalue weighted by molar-refractivity contribution is -0.0501. The number of piperazine rings is 1. The van der Waals surface area contributed by atoms with Gasteiger partial charge in [-0.05, 0) is 13.8 Å². The third-order valence-electron chi connectivity index (χ3n) is 3.20. The van der Waals surface area contributed by atoms with Gasteiger partial charge in [0.15, 0.2) is 0 Å². The summed E-state index contributed by atoms with van der Waals surface area (Å²) in [6, 6.07) is 1.34. The molecule has 2 heterocycles. The van der Waals surface area contributed by atoms with Crippen molar-refractivity contribution >= 4 is 0 Å². The van der Waals surface area contributed by atoms with E-state index in [9.17, 15) is 0 Å². The van der Waals surface area contributed by atoms with E-state index in [-0.39, 0.29) is 0 Å². The molecule has 2 aliphatic heterocycles. The molecule has 4 heteroatoms. The molecule has 2 fully saturated rings. The summed E-state index contributed by atoms with van der Waals surface area (Å²) in [5.74, 6) is 0. The fraction of sp³-hybridized carbons (Fsp3) is 1.00. The first kappa shape index (κ1) is 12.9. The van der Waals surface area contributed by atoms with E-state index >= 15 is 0 Å². The summed E-state index contributed by atoms with van der Waals surface area (Å²) < 4.78 is 5.50. The Kier molecular flexibility index (Phi) is 5.53. The Morgan fingerprint density at radius 1 is 1.20 bits per heavy atom. The van der Waals surface area contributed by atoms with Crippen LogP contribution in [0.2, 0.25) is 0 Å². The highest BCUT2D eigenvalue weighted by atomic mass is 16.5. The molecular formula is C11H24N2O2. The zero-order valence-corrected chi connectivity index (χ0v) is 10.1. The molecule has 0 aromatic carbocycles. The standard InChI is InChI=1S/C10H20N2O.CH4O/c1-9(2)12-4-3-11-5-6-13-8-10(11)7-12;1-2/h9-10H,3-8H2,1-2H3;2H,1H3. The third-order valence-corrected chi connectivity index (χ3v) is 3.20. The second-order valence-electron chi connectivity index (χ2n) is 4.35. The van der Waals surface area contributed by atoms with Crippen molar-refractivity contribution in [1.82, 2.24) is 9.80 Å². The van der Waals surface area contributed by atoms with Crippen LogP contribution in [0.3, 0.4) is 0 Å². The molecule has 1 unspecified atom stereocenters. The number of ether oxygens (including phenoxy) is 1. The van der Waals surface area contributed by atoms with Gasteiger partial charge in [0.25, 0.3) is 0 Å². The van der Waals surface area contributed by atoms with E-state index in [0.29, 0.717) is 12.1 Å². The van der Waals surface area contributed by atoms with Crippen LogP contribution in [0.15, 0.2) is 0 Å². The number of morpholine rings is 1. The molecule has 0 bridgehead atoms. The van der Waals surface area contributed by atoms with E-state index < -0.39 is 0 Å². The monoisotopic (exact) mass is 216 g/mol. The van der Waals surface area contributed by atoms with Gasteiger partial charge in [-0.2, -0.15) is 0 Å². The molecule has 0 saturated carbocycles. The van der Waals surface area contributed by atoms with Crippen molar-refractivity contribution in [3.05, 3.63) is 0 Å². The lowest BCUT2D eigenvalue weighted by Gasteiger charge is -2.45. The summed E-state index contributed by atoms with van der Waals surface area (Å²) in [5, 5.41) is 7.00. The molecule has 0 spiro atoms. The van der Waals surface area contributed by atoms with Crippen molar-refractivity contribution in [3.8, 4) is 0 Å². The lowest BCUT2D eigenvalue weighted by atomic mass is 10.1. The van der Waals surface area contributed by atoms with Gasteiger partial charge in [0.1, 0.15) is 0 Å². The molecule has 0 aliphatic carbocycles. The van der Waals surface area contributed by atoms with Crippen LogP contribution in [-0.2, 0) is 4.74 Å². The van der Waals surface area contributed by atoms with Gasteiger partial charge in [-0.1, -0.05) is 0 Å². The first-order chi connectivity index (χ1) is 7.27. The Morgan fingerprint density at radius 2 is 1.93 bits per heavy atom. The highest BCUT2D eigenvalue weighted by Gasteiger charge is 2.30. The minimum absolute atomic E-state index is 0.657. The van der Waals surface area contributed by atoms with Crippen molar-refractivity contribution in [2.24, 2.45) is 0 Å². The molecule has 2 saturated heterocycles. The maximum Gasteiger partial charge on any atom is 0.0634 e. The minimum Gasteiger partial charge on any atom is -0.400 e. The molecule has 0 aromatic heterocycles. The Balaban J connectivity index is 0.000000531. The molecular weight excluding hydrogens is 192 g/mol. The molecule has 90 valence electrons. The Bertz CT molecular complexity index is 176. The summed E-state index contributed by atoms with van der Waals surface area (Å²) in [5.41, 5.74) is 0. The van der Waals surface area contributed by atoms with Gasteiger partial charge < -0.3 is 9.84 Å². The van der Waals surface area contributed by atoms with Crippen molar-refractivity contribution in [2.45, 2.75) is 25.9 Å². The van der Waals surface area contributed by atoms with Crippen LogP contribution in [0.5, 0.6) is 0 Å². The second kappa shape index (κ2) is 6.43. The fourth-order valence-corrected chi connectivity index (χ4v) is 2.24. The largest absolute Gasteiger partial charge is 0.400 e. The van der Waals surface area contributed by atoms with Crippen LogP contribution in [-0.4, -0.2) is 73.5 Å². The zero-order valence-electron chi connectivity index (χ0n) is 10.1. The molecule has 0 aromatic rings. The molecule has 4 nitrogen and oxygen atoms in total. The topological polar surface area (TPSA) is 35.9 Å². The summed E-state index contributed by atoms with van der Waals surface area (Å²) in [6.07, 6.45) is 0. The van der Waals surface area contributed by atoms with E-state index in [1.54, 1.807) is 0 Å². The van der Waals surface area contributed by atoms with Crippen molar-refractivity contribution in [1.29, 1.82) is 0 Å². The summed E-state index contributed by atoms with van der Waals surface area (Å²) in [4.78, 5) is 5.12. The first-order valence-corrected chi connectivity index (χ1v) is 5.78. The molecule has 15 heavy (non-hydrogen) atoms. The van der Waals surface area contributed by atoms with Crippen LogP contribution < -0.4 is 0 Å². The van der Waals surface area contributed by atoms with E-state index in [4.69, 9.17) is 9.84 Å². The predicted molar refractivity (Wildman–Crippen MR) is 61.0 cm³/mol.